The van der Waals surface area contributed by atoms with Gasteiger partial charge in [-0.2, -0.15) is 0 Å². The summed E-state index contributed by atoms with van der Waals surface area (Å²) in [4.78, 5) is 0. The predicted molar refractivity (Wildman–Crippen MR) is 127 cm³/mol. The van der Waals surface area contributed by atoms with Crippen molar-refractivity contribution in [2.75, 3.05) is 0 Å². The number of benzene rings is 1. The normalized spacial score (nSPS) is 27.0. The lowest BCUT2D eigenvalue weighted by Gasteiger charge is -2.31. The van der Waals surface area contributed by atoms with Gasteiger partial charge in [0.2, 0.25) is 0 Å². The lowest BCUT2D eigenvalue weighted by atomic mass is 9.75. The van der Waals surface area contributed by atoms with Gasteiger partial charge in [0, 0.05) is 5.56 Å². The maximum atomic E-state index is 12.9. The van der Waals surface area contributed by atoms with Crippen LogP contribution in [0.25, 0.3) is 0 Å². The molecule has 0 N–H and O–H groups in total. The highest BCUT2D eigenvalue weighted by Crippen LogP contribution is 2.38. The molecule has 0 heterocycles. The molecule has 0 atom stereocenters. The smallest absolute Gasteiger partial charge is 0.123 e. The summed E-state index contributed by atoms with van der Waals surface area (Å²) >= 11 is 0. The molecule has 2 aliphatic rings. The van der Waals surface area contributed by atoms with E-state index < -0.39 is 0 Å². The minimum Gasteiger partial charge on any atom is -0.207 e. The average Bonchev–Trinajstić information content (AvgIpc) is 2.78. The fourth-order valence-corrected chi connectivity index (χ4v) is 5.48. The van der Waals surface area contributed by atoms with Gasteiger partial charge in [-0.15, -0.1) is 0 Å². The van der Waals surface area contributed by atoms with Crippen LogP contribution in [0.3, 0.4) is 0 Å². The van der Waals surface area contributed by atoms with Crippen molar-refractivity contribution in [3.8, 4) is 11.8 Å². The molecule has 3 rings (SSSR count). The van der Waals surface area contributed by atoms with E-state index in [9.17, 15) is 4.39 Å². The van der Waals surface area contributed by atoms with E-state index in [0.29, 0.717) is 5.92 Å². The number of allylic oxidation sites excluding steroid dienone is 2. The monoisotopic (exact) mass is 408 g/mol. The van der Waals surface area contributed by atoms with E-state index >= 15 is 0 Å². The second-order valence-electron chi connectivity index (χ2n) is 9.88. The fourth-order valence-electron chi connectivity index (χ4n) is 5.48. The molecule has 0 aliphatic heterocycles. The van der Waals surface area contributed by atoms with Gasteiger partial charge in [-0.25, -0.2) is 4.39 Å². The van der Waals surface area contributed by atoms with Crippen LogP contribution in [0, 0.1) is 41.3 Å². The van der Waals surface area contributed by atoms with E-state index in [-0.39, 0.29) is 5.82 Å². The summed E-state index contributed by atoms with van der Waals surface area (Å²) in [5.74, 6) is 9.72. The molecule has 2 aliphatic carbocycles. The van der Waals surface area contributed by atoms with Crippen LogP contribution in [0.5, 0.6) is 0 Å². The molecule has 0 spiro atoms. The van der Waals surface area contributed by atoms with E-state index in [1.807, 2.05) is 6.08 Å². The molecule has 0 radical (unpaired) electrons. The maximum absolute atomic E-state index is 12.9. The lowest BCUT2D eigenvalue weighted by molar-refractivity contribution is 0.219. The van der Waals surface area contributed by atoms with Crippen molar-refractivity contribution < 1.29 is 4.39 Å². The standard InChI is InChI=1S/C29H41F/c1-2-3-4-7-24-10-14-27(15-11-24)18-19-28-16-12-25(13-17-28)8-5-6-9-26-20-22-29(30)23-21-26/h5,8,20-25,27-28H,2-4,7,10-19H2,1H3/t24-,25-,27-,28-. The lowest BCUT2D eigenvalue weighted by Crippen LogP contribution is -2.17. The summed E-state index contributed by atoms with van der Waals surface area (Å²) in [7, 11) is 0. The van der Waals surface area contributed by atoms with Gasteiger partial charge in [0.25, 0.3) is 0 Å². The van der Waals surface area contributed by atoms with Gasteiger partial charge in [0.1, 0.15) is 5.82 Å². The summed E-state index contributed by atoms with van der Waals surface area (Å²) < 4.78 is 12.9. The third kappa shape index (κ3) is 8.29. The van der Waals surface area contributed by atoms with Crippen LogP contribution in [0.1, 0.15) is 102 Å². The van der Waals surface area contributed by atoms with Gasteiger partial charge < -0.3 is 0 Å². The van der Waals surface area contributed by atoms with Crippen molar-refractivity contribution in [1.82, 2.24) is 0 Å². The van der Waals surface area contributed by atoms with Crippen LogP contribution in [0.4, 0.5) is 4.39 Å². The topological polar surface area (TPSA) is 0 Å². The fraction of sp³-hybridized carbons (Fsp3) is 0.655. The Kier molecular flexibility index (Phi) is 10.0. The van der Waals surface area contributed by atoms with E-state index in [2.05, 4.69) is 24.8 Å². The van der Waals surface area contributed by atoms with Crippen molar-refractivity contribution in [2.24, 2.45) is 23.7 Å². The molecule has 1 aromatic carbocycles. The molecule has 1 heteroatoms. The third-order valence-corrected chi connectivity index (χ3v) is 7.57. The number of hydrogen-bond donors (Lipinski definition) is 0. The highest BCUT2D eigenvalue weighted by Gasteiger charge is 2.24. The van der Waals surface area contributed by atoms with Crippen LogP contribution in [-0.2, 0) is 0 Å². The SMILES string of the molecule is CCCCC[C@H]1CC[C@H](CC[C@H]2CC[C@H](C=CC#Cc3ccc(F)cc3)CC2)CC1. The molecular formula is C29H41F. The third-order valence-electron chi connectivity index (χ3n) is 7.57. The highest BCUT2D eigenvalue weighted by molar-refractivity contribution is 5.36. The molecule has 164 valence electrons. The summed E-state index contributed by atoms with van der Waals surface area (Å²) in [6, 6.07) is 6.41. The Bertz CT molecular complexity index is 673. The molecule has 0 bridgehead atoms. The van der Waals surface area contributed by atoms with Gasteiger partial charge in [0.05, 0.1) is 0 Å². The van der Waals surface area contributed by atoms with Crippen LogP contribution < -0.4 is 0 Å². The molecule has 30 heavy (non-hydrogen) atoms. The van der Waals surface area contributed by atoms with Crippen molar-refractivity contribution in [1.29, 1.82) is 0 Å². The second-order valence-corrected chi connectivity index (χ2v) is 9.88. The molecule has 0 nitrogen and oxygen atoms in total. The molecule has 0 aromatic heterocycles. The first-order valence-corrected chi connectivity index (χ1v) is 12.7. The van der Waals surface area contributed by atoms with E-state index in [1.165, 1.54) is 102 Å². The van der Waals surface area contributed by atoms with Gasteiger partial charge in [-0.1, -0.05) is 89.0 Å². The first-order valence-electron chi connectivity index (χ1n) is 12.7. The summed E-state index contributed by atoms with van der Waals surface area (Å²) in [6.07, 6.45) is 24.4. The van der Waals surface area contributed by atoms with Gasteiger partial charge in [-0.05, 0) is 79.7 Å². The van der Waals surface area contributed by atoms with Crippen LogP contribution in [-0.4, -0.2) is 0 Å². The van der Waals surface area contributed by atoms with Gasteiger partial charge >= 0.3 is 0 Å². The Morgan fingerprint density at radius 2 is 1.37 bits per heavy atom. The summed E-state index contributed by atoms with van der Waals surface area (Å²) in [5.41, 5.74) is 0.875. The van der Waals surface area contributed by atoms with Gasteiger partial charge in [-0.3, -0.25) is 0 Å². The van der Waals surface area contributed by atoms with Crippen molar-refractivity contribution >= 4 is 0 Å². The first-order chi connectivity index (χ1) is 14.7. The Morgan fingerprint density at radius 1 is 0.800 bits per heavy atom. The Balaban J connectivity index is 1.27. The summed E-state index contributed by atoms with van der Waals surface area (Å²) in [6.45, 7) is 2.31. The van der Waals surface area contributed by atoms with Gasteiger partial charge in [0.15, 0.2) is 0 Å². The second kappa shape index (κ2) is 13.0. The molecule has 2 saturated carbocycles. The van der Waals surface area contributed by atoms with E-state index in [0.717, 1.165) is 23.3 Å². The van der Waals surface area contributed by atoms with Crippen LogP contribution in [0.2, 0.25) is 0 Å². The highest BCUT2D eigenvalue weighted by atomic mass is 19.1. The molecule has 0 unspecified atom stereocenters. The first kappa shape index (κ1) is 23.1. The minimum atomic E-state index is -0.206. The molecule has 0 amide bonds. The Labute approximate surface area is 184 Å². The van der Waals surface area contributed by atoms with E-state index in [1.54, 1.807) is 12.1 Å². The van der Waals surface area contributed by atoms with E-state index in [4.69, 9.17) is 0 Å². The summed E-state index contributed by atoms with van der Waals surface area (Å²) in [5, 5.41) is 0. The maximum Gasteiger partial charge on any atom is 0.123 e. The van der Waals surface area contributed by atoms with Crippen molar-refractivity contribution in [2.45, 2.75) is 96.8 Å². The molecule has 1 aromatic rings. The molecule has 2 fully saturated rings. The average molecular weight is 409 g/mol. The molecular weight excluding hydrogens is 367 g/mol. The predicted octanol–water partition coefficient (Wildman–Crippen LogP) is 8.71. The Morgan fingerprint density at radius 3 is 1.97 bits per heavy atom. The quantitative estimate of drug-likeness (QED) is 0.298. The van der Waals surface area contributed by atoms with Crippen molar-refractivity contribution in [3.05, 3.63) is 47.8 Å². The zero-order valence-electron chi connectivity index (χ0n) is 19.1. The van der Waals surface area contributed by atoms with Crippen molar-refractivity contribution in [3.63, 3.8) is 0 Å². The number of hydrogen-bond acceptors (Lipinski definition) is 0. The number of unbranched alkanes of at least 4 members (excludes halogenated alkanes) is 2. The number of rotatable bonds is 8. The number of halogens is 1. The van der Waals surface area contributed by atoms with Crippen LogP contribution >= 0.6 is 0 Å². The zero-order valence-corrected chi connectivity index (χ0v) is 19.1. The largest absolute Gasteiger partial charge is 0.207 e. The minimum absolute atomic E-state index is 0.206. The zero-order chi connectivity index (χ0) is 21.0. The Hall–Kier alpha value is -1.55. The van der Waals surface area contributed by atoms with Crippen LogP contribution in [0.15, 0.2) is 36.4 Å². The molecule has 0 saturated heterocycles.